The molecule has 1 aromatic carbocycles. The van der Waals surface area contributed by atoms with Gasteiger partial charge >= 0.3 is 0 Å². The Morgan fingerprint density at radius 1 is 1.39 bits per heavy atom. The van der Waals surface area contributed by atoms with E-state index in [1.54, 1.807) is 24.5 Å². The van der Waals surface area contributed by atoms with Gasteiger partial charge in [-0.05, 0) is 30.2 Å². The summed E-state index contributed by atoms with van der Waals surface area (Å²) in [7, 11) is -3.33. The molecule has 2 rings (SSSR count). The Kier molecular flexibility index (Phi) is 3.16. The molecule has 0 saturated heterocycles. The lowest BCUT2D eigenvalue weighted by molar-refractivity contribution is 0.425. The fourth-order valence-electron chi connectivity index (χ4n) is 1.76. The zero-order valence-corrected chi connectivity index (χ0v) is 11.3. The van der Waals surface area contributed by atoms with Gasteiger partial charge in [0.1, 0.15) is 0 Å². The van der Waals surface area contributed by atoms with Crippen LogP contribution in [0.15, 0.2) is 29.4 Å². The first kappa shape index (κ1) is 13.0. The molecule has 0 aliphatic rings. The van der Waals surface area contributed by atoms with Crippen LogP contribution in [0.2, 0.25) is 0 Å². The van der Waals surface area contributed by atoms with Gasteiger partial charge in [-0.2, -0.15) is 0 Å². The van der Waals surface area contributed by atoms with Crippen molar-refractivity contribution in [1.29, 1.82) is 0 Å². The van der Waals surface area contributed by atoms with Gasteiger partial charge in [-0.15, -0.1) is 0 Å². The quantitative estimate of drug-likeness (QED) is 0.874. The number of imidazole rings is 1. The number of nitrogens with one attached hydrogen (secondary N) is 1. The highest BCUT2D eigenvalue weighted by molar-refractivity contribution is 7.91. The topological polar surface area (TPSA) is 88.8 Å². The number of aromatic amines is 1. The number of sulfone groups is 1. The number of nitrogens with zero attached hydrogens (tertiary/aromatic N) is 1. The first-order chi connectivity index (χ1) is 8.34. The maximum Gasteiger partial charge on any atom is 0.179 e. The number of aromatic nitrogens is 2. The molecule has 0 aliphatic carbocycles. The van der Waals surface area contributed by atoms with Crippen LogP contribution in [0.4, 0.5) is 0 Å². The minimum Gasteiger partial charge on any atom is -0.345 e. The monoisotopic (exact) mass is 267 g/mol. The lowest BCUT2D eigenvalue weighted by Gasteiger charge is -2.21. The second-order valence-electron chi connectivity index (χ2n) is 5.21. The van der Waals surface area contributed by atoms with Gasteiger partial charge in [0.05, 0.1) is 28.0 Å². The van der Waals surface area contributed by atoms with Gasteiger partial charge in [0.2, 0.25) is 0 Å². The summed E-state index contributed by atoms with van der Waals surface area (Å²) in [5.74, 6) is 0.0378. The van der Waals surface area contributed by atoms with Crippen molar-refractivity contribution >= 4 is 20.9 Å². The van der Waals surface area contributed by atoms with Gasteiger partial charge in [-0.25, -0.2) is 13.4 Å². The largest absolute Gasteiger partial charge is 0.345 e. The normalized spacial score (nSPS) is 13.1. The lowest BCUT2D eigenvalue weighted by Crippen LogP contribution is -2.31. The van der Waals surface area contributed by atoms with E-state index < -0.39 is 15.3 Å². The molecule has 0 bridgehead atoms. The third-order valence-corrected chi connectivity index (χ3v) is 5.02. The van der Waals surface area contributed by atoms with E-state index in [0.717, 1.165) is 11.0 Å². The maximum atomic E-state index is 12.3. The van der Waals surface area contributed by atoms with E-state index >= 15 is 0 Å². The molecule has 0 radical (unpaired) electrons. The number of hydrogen-bond donors (Lipinski definition) is 2. The van der Waals surface area contributed by atoms with Crippen LogP contribution in [-0.2, 0) is 9.84 Å². The van der Waals surface area contributed by atoms with Crippen molar-refractivity contribution in [3.05, 3.63) is 24.5 Å². The summed E-state index contributed by atoms with van der Waals surface area (Å²) in [4.78, 5) is 7.28. The average molecular weight is 267 g/mol. The SMILES string of the molecule is CC(C)(CN)CS(=O)(=O)c1ccc2nc[nH]c2c1. The number of H-pyrrole nitrogens is 1. The van der Waals surface area contributed by atoms with Gasteiger partial charge in [0, 0.05) is 0 Å². The minimum atomic E-state index is -3.33. The number of rotatable bonds is 4. The molecule has 0 amide bonds. The molecule has 5 nitrogen and oxygen atoms in total. The summed E-state index contributed by atoms with van der Waals surface area (Å²) in [5, 5.41) is 0. The molecule has 0 spiro atoms. The Bertz CT molecular complexity index is 659. The molecule has 1 heterocycles. The zero-order chi connectivity index (χ0) is 13.4. The van der Waals surface area contributed by atoms with Crippen LogP contribution in [0, 0.1) is 5.41 Å². The Hall–Kier alpha value is -1.40. The van der Waals surface area contributed by atoms with E-state index in [1.165, 1.54) is 0 Å². The average Bonchev–Trinajstić information content (AvgIpc) is 2.74. The van der Waals surface area contributed by atoms with E-state index in [4.69, 9.17) is 5.73 Å². The number of benzene rings is 1. The molecule has 3 N–H and O–H groups in total. The third-order valence-electron chi connectivity index (χ3n) is 2.88. The molecular formula is C12H17N3O2S. The van der Waals surface area contributed by atoms with Gasteiger partial charge in [-0.1, -0.05) is 13.8 Å². The molecule has 98 valence electrons. The number of fused-ring (bicyclic) bond motifs is 1. The highest BCUT2D eigenvalue weighted by atomic mass is 32.2. The minimum absolute atomic E-state index is 0.0378. The van der Waals surface area contributed by atoms with Crippen LogP contribution in [0.25, 0.3) is 11.0 Å². The molecule has 0 saturated carbocycles. The lowest BCUT2D eigenvalue weighted by atomic mass is 9.97. The standard InChI is InChI=1S/C12H17N3O2S/c1-12(2,6-13)7-18(16,17)9-3-4-10-11(5-9)15-8-14-10/h3-5,8H,6-7,13H2,1-2H3,(H,14,15). The predicted molar refractivity (Wildman–Crippen MR) is 71.0 cm³/mol. The summed E-state index contributed by atoms with van der Waals surface area (Å²) in [6, 6.07) is 4.91. The molecule has 0 unspecified atom stereocenters. The number of nitrogens with two attached hydrogens (primary N) is 1. The van der Waals surface area contributed by atoms with Crippen molar-refractivity contribution in [2.45, 2.75) is 18.7 Å². The fraction of sp³-hybridized carbons (Fsp3) is 0.417. The second kappa shape index (κ2) is 4.37. The van der Waals surface area contributed by atoms with Crippen LogP contribution in [0.5, 0.6) is 0 Å². The van der Waals surface area contributed by atoms with Crippen molar-refractivity contribution in [2.75, 3.05) is 12.3 Å². The van der Waals surface area contributed by atoms with E-state index in [-0.39, 0.29) is 5.75 Å². The van der Waals surface area contributed by atoms with Crippen LogP contribution in [-0.4, -0.2) is 30.7 Å². The molecule has 2 aromatic rings. The summed E-state index contributed by atoms with van der Waals surface area (Å²) in [5.41, 5.74) is 6.64. The van der Waals surface area contributed by atoms with Gasteiger partial charge < -0.3 is 10.7 Å². The molecule has 18 heavy (non-hydrogen) atoms. The summed E-state index contributed by atoms with van der Waals surface area (Å²) < 4.78 is 24.6. The molecule has 6 heteroatoms. The Labute approximate surface area is 106 Å². The van der Waals surface area contributed by atoms with Crippen LogP contribution < -0.4 is 5.73 Å². The molecular weight excluding hydrogens is 250 g/mol. The maximum absolute atomic E-state index is 12.3. The van der Waals surface area contributed by atoms with Gasteiger partial charge in [0.15, 0.2) is 9.84 Å². The smallest absolute Gasteiger partial charge is 0.179 e. The van der Waals surface area contributed by atoms with Crippen LogP contribution in [0.1, 0.15) is 13.8 Å². The summed E-state index contributed by atoms with van der Waals surface area (Å²) >= 11 is 0. The summed E-state index contributed by atoms with van der Waals surface area (Å²) in [6.45, 7) is 4.02. The van der Waals surface area contributed by atoms with Crippen molar-refractivity contribution < 1.29 is 8.42 Å². The van der Waals surface area contributed by atoms with Crippen molar-refractivity contribution in [2.24, 2.45) is 11.1 Å². The van der Waals surface area contributed by atoms with Crippen LogP contribution >= 0.6 is 0 Å². The first-order valence-corrected chi connectivity index (χ1v) is 7.35. The van der Waals surface area contributed by atoms with Crippen molar-refractivity contribution in [3.8, 4) is 0 Å². The zero-order valence-electron chi connectivity index (χ0n) is 10.5. The van der Waals surface area contributed by atoms with Gasteiger partial charge in [0.25, 0.3) is 0 Å². The highest BCUT2D eigenvalue weighted by Gasteiger charge is 2.26. The van der Waals surface area contributed by atoms with E-state index in [1.807, 2.05) is 13.8 Å². The Morgan fingerprint density at radius 3 is 2.78 bits per heavy atom. The summed E-state index contributed by atoms with van der Waals surface area (Å²) in [6.07, 6.45) is 1.55. The highest BCUT2D eigenvalue weighted by Crippen LogP contribution is 2.23. The van der Waals surface area contributed by atoms with Crippen molar-refractivity contribution in [3.63, 3.8) is 0 Å². The molecule has 0 aliphatic heterocycles. The third kappa shape index (κ3) is 2.54. The molecule has 0 atom stereocenters. The van der Waals surface area contributed by atoms with E-state index in [0.29, 0.717) is 11.4 Å². The Morgan fingerprint density at radius 2 is 2.11 bits per heavy atom. The van der Waals surface area contributed by atoms with E-state index in [9.17, 15) is 8.42 Å². The van der Waals surface area contributed by atoms with Gasteiger partial charge in [-0.3, -0.25) is 0 Å². The predicted octanol–water partition coefficient (Wildman–Crippen LogP) is 1.32. The van der Waals surface area contributed by atoms with Crippen LogP contribution in [0.3, 0.4) is 0 Å². The second-order valence-corrected chi connectivity index (χ2v) is 7.20. The van der Waals surface area contributed by atoms with E-state index in [2.05, 4.69) is 9.97 Å². The molecule has 1 aromatic heterocycles. The first-order valence-electron chi connectivity index (χ1n) is 5.70. The number of hydrogen-bond acceptors (Lipinski definition) is 4. The fourth-order valence-corrected chi connectivity index (χ4v) is 3.65. The Balaban J connectivity index is 2.40. The molecule has 0 fully saturated rings. The van der Waals surface area contributed by atoms with Crippen molar-refractivity contribution in [1.82, 2.24) is 9.97 Å².